The van der Waals surface area contributed by atoms with Crippen LogP contribution in [0.3, 0.4) is 0 Å². The van der Waals surface area contributed by atoms with Crippen LogP contribution in [0.1, 0.15) is 64.7 Å². The fraction of sp³-hybridized carbons (Fsp3) is 1.00. The predicted octanol–water partition coefficient (Wildman–Crippen LogP) is 4.44. The molecule has 1 atom stereocenters. The molecule has 1 fully saturated rings. The number of hydrogen-bond acceptors (Lipinski definition) is 1. The lowest BCUT2D eigenvalue weighted by Gasteiger charge is -2.25. The highest BCUT2D eigenvalue weighted by Crippen LogP contribution is 2.32. The summed E-state index contributed by atoms with van der Waals surface area (Å²) in [7, 11) is 0. The van der Waals surface area contributed by atoms with Gasteiger partial charge in [-0.1, -0.05) is 25.7 Å². The van der Waals surface area contributed by atoms with E-state index in [4.69, 9.17) is 0 Å². The summed E-state index contributed by atoms with van der Waals surface area (Å²) in [5.74, 6) is 0.684. The van der Waals surface area contributed by atoms with E-state index in [0.717, 1.165) is 6.42 Å². The van der Waals surface area contributed by atoms with Crippen molar-refractivity contribution in [3.05, 3.63) is 0 Å². The van der Waals surface area contributed by atoms with Crippen molar-refractivity contribution in [1.29, 1.82) is 0 Å². The maximum atomic E-state index is 12.0. The first-order valence-corrected chi connectivity index (χ1v) is 6.58. The van der Waals surface area contributed by atoms with E-state index in [1.165, 1.54) is 25.7 Å². The Morgan fingerprint density at radius 2 is 1.65 bits per heavy atom. The molecular weight excluding hydrogens is 229 g/mol. The number of hydrogen-bond donors (Lipinski definition) is 1. The van der Waals surface area contributed by atoms with E-state index < -0.39 is 18.2 Å². The van der Waals surface area contributed by atoms with E-state index in [2.05, 4.69) is 0 Å². The molecule has 0 amide bonds. The Morgan fingerprint density at radius 1 is 1.06 bits per heavy atom. The highest BCUT2D eigenvalue weighted by atomic mass is 19.4. The van der Waals surface area contributed by atoms with Crippen molar-refractivity contribution in [2.45, 2.75) is 76.5 Å². The summed E-state index contributed by atoms with van der Waals surface area (Å²) < 4.78 is 35.9. The van der Waals surface area contributed by atoms with Crippen molar-refractivity contribution in [2.75, 3.05) is 0 Å². The normalized spacial score (nSPS) is 21.7. The van der Waals surface area contributed by atoms with E-state index >= 15 is 0 Å². The fourth-order valence-electron chi connectivity index (χ4n) is 2.61. The Hall–Kier alpha value is -0.250. The van der Waals surface area contributed by atoms with Gasteiger partial charge in [-0.3, -0.25) is 0 Å². The second-order valence-corrected chi connectivity index (χ2v) is 5.65. The molecule has 4 heteroatoms. The first-order chi connectivity index (χ1) is 7.79. The Balaban J connectivity index is 2.16. The van der Waals surface area contributed by atoms with E-state index in [9.17, 15) is 18.3 Å². The molecule has 1 nitrogen and oxygen atoms in total. The molecule has 0 aliphatic heterocycles. The van der Waals surface area contributed by atoms with Crippen LogP contribution in [0.25, 0.3) is 0 Å². The van der Waals surface area contributed by atoms with Gasteiger partial charge in [0.05, 0.1) is 5.60 Å². The molecule has 17 heavy (non-hydrogen) atoms. The Bertz CT molecular complexity index is 217. The molecule has 0 spiro atoms. The summed E-state index contributed by atoms with van der Waals surface area (Å²) in [5, 5.41) is 10.0. The van der Waals surface area contributed by atoms with Crippen LogP contribution >= 0.6 is 0 Å². The summed E-state index contributed by atoms with van der Waals surface area (Å²) >= 11 is 0. The molecule has 1 aliphatic carbocycles. The summed E-state index contributed by atoms with van der Waals surface area (Å²) in [5.41, 5.74) is -0.923. The highest BCUT2D eigenvalue weighted by Gasteiger charge is 2.29. The maximum Gasteiger partial charge on any atom is 0.389 e. The van der Waals surface area contributed by atoms with Gasteiger partial charge >= 0.3 is 6.18 Å². The lowest BCUT2D eigenvalue weighted by Crippen LogP contribution is -2.25. The summed E-state index contributed by atoms with van der Waals surface area (Å²) in [4.78, 5) is 0. The highest BCUT2D eigenvalue weighted by molar-refractivity contribution is 4.77. The van der Waals surface area contributed by atoms with Crippen molar-refractivity contribution in [2.24, 2.45) is 5.92 Å². The molecule has 0 aromatic rings. The monoisotopic (exact) mass is 252 g/mol. The van der Waals surface area contributed by atoms with E-state index in [1.54, 1.807) is 6.92 Å². The molecule has 0 radical (unpaired) electrons. The SMILES string of the molecule is CC(O)(CCCC(F)(F)F)CCC1CCCC1. The second kappa shape index (κ2) is 6.07. The van der Waals surface area contributed by atoms with Crippen LogP contribution in [0.5, 0.6) is 0 Å². The van der Waals surface area contributed by atoms with Crippen molar-refractivity contribution in [1.82, 2.24) is 0 Å². The van der Waals surface area contributed by atoms with E-state index in [-0.39, 0.29) is 12.8 Å². The zero-order chi connectivity index (χ0) is 12.9. The Morgan fingerprint density at radius 3 is 2.18 bits per heavy atom. The topological polar surface area (TPSA) is 20.2 Å². The minimum absolute atomic E-state index is 0.0289. The average molecular weight is 252 g/mol. The van der Waals surface area contributed by atoms with Gasteiger partial charge in [0.1, 0.15) is 0 Å². The van der Waals surface area contributed by atoms with Gasteiger partial charge in [-0.05, 0) is 38.5 Å². The van der Waals surface area contributed by atoms with Crippen LogP contribution in [-0.2, 0) is 0 Å². The molecule has 1 saturated carbocycles. The Labute approximate surface area is 101 Å². The zero-order valence-corrected chi connectivity index (χ0v) is 10.5. The maximum absolute atomic E-state index is 12.0. The van der Waals surface area contributed by atoms with Gasteiger partial charge in [0, 0.05) is 6.42 Å². The van der Waals surface area contributed by atoms with Crippen LogP contribution in [-0.4, -0.2) is 16.9 Å². The first kappa shape index (κ1) is 14.8. The lowest BCUT2D eigenvalue weighted by molar-refractivity contribution is -0.137. The number of alkyl halides is 3. The molecule has 1 N–H and O–H groups in total. The van der Waals surface area contributed by atoms with Crippen LogP contribution in [0, 0.1) is 5.92 Å². The van der Waals surface area contributed by atoms with Gasteiger partial charge in [-0.2, -0.15) is 13.2 Å². The quantitative estimate of drug-likeness (QED) is 0.741. The third-order valence-electron chi connectivity index (χ3n) is 3.74. The van der Waals surface area contributed by atoms with Crippen molar-refractivity contribution < 1.29 is 18.3 Å². The molecule has 0 aromatic heterocycles. The predicted molar refractivity (Wildman–Crippen MR) is 61.7 cm³/mol. The second-order valence-electron chi connectivity index (χ2n) is 5.65. The molecule has 1 rings (SSSR count). The zero-order valence-electron chi connectivity index (χ0n) is 10.5. The smallest absolute Gasteiger partial charge is 0.389 e. The van der Waals surface area contributed by atoms with Crippen molar-refractivity contribution >= 4 is 0 Å². The summed E-state index contributed by atoms with van der Waals surface area (Å²) in [6.07, 6.45) is 1.96. The van der Waals surface area contributed by atoms with E-state index in [0.29, 0.717) is 12.3 Å². The fourth-order valence-corrected chi connectivity index (χ4v) is 2.61. The van der Waals surface area contributed by atoms with Gasteiger partial charge in [0.15, 0.2) is 0 Å². The number of rotatable bonds is 6. The standard InChI is InChI=1S/C13H23F3O/c1-12(17,8-4-9-13(14,15)16)10-7-11-5-2-3-6-11/h11,17H,2-10H2,1H3. The molecule has 1 aliphatic rings. The van der Waals surface area contributed by atoms with Gasteiger partial charge in [0.2, 0.25) is 0 Å². The molecule has 0 saturated heterocycles. The van der Waals surface area contributed by atoms with Crippen LogP contribution in [0.2, 0.25) is 0 Å². The largest absolute Gasteiger partial charge is 0.390 e. The molecule has 102 valence electrons. The van der Waals surface area contributed by atoms with Crippen molar-refractivity contribution in [3.63, 3.8) is 0 Å². The minimum Gasteiger partial charge on any atom is -0.390 e. The average Bonchev–Trinajstić information content (AvgIpc) is 2.64. The summed E-state index contributed by atoms with van der Waals surface area (Å²) in [6, 6.07) is 0. The van der Waals surface area contributed by atoms with Crippen LogP contribution < -0.4 is 0 Å². The van der Waals surface area contributed by atoms with Crippen molar-refractivity contribution in [3.8, 4) is 0 Å². The first-order valence-electron chi connectivity index (χ1n) is 6.58. The number of halogens is 3. The van der Waals surface area contributed by atoms with Gasteiger partial charge in [-0.15, -0.1) is 0 Å². The molecule has 0 bridgehead atoms. The molecule has 0 aromatic carbocycles. The molecule has 0 heterocycles. The Kier molecular flexibility index (Phi) is 5.29. The molecular formula is C13H23F3O. The summed E-state index contributed by atoms with van der Waals surface area (Å²) in [6.45, 7) is 1.67. The minimum atomic E-state index is -4.10. The lowest BCUT2D eigenvalue weighted by atomic mass is 9.89. The third kappa shape index (κ3) is 6.92. The molecule has 1 unspecified atom stereocenters. The van der Waals surface area contributed by atoms with Crippen LogP contribution in [0.15, 0.2) is 0 Å². The van der Waals surface area contributed by atoms with Gasteiger partial charge < -0.3 is 5.11 Å². The third-order valence-corrected chi connectivity index (χ3v) is 3.74. The number of aliphatic hydroxyl groups is 1. The van der Waals surface area contributed by atoms with Gasteiger partial charge in [-0.25, -0.2) is 0 Å². The van der Waals surface area contributed by atoms with E-state index in [1.807, 2.05) is 0 Å². The van der Waals surface area contributed by atoms with Gasteiger partial charge in [0.25, 0.3) is 0 Å². The van der Waals surface area contributed by atoms with Crippen LogP contribution in [0.4, 0.5) is 13.2 Å².